The van der Waals surface area contributed by atoms with Crippen LogP contribution >= 0.6 is 0 Å². The maximum absolute atomic E-state index is 11.7. The Bertz CT molecular complexity index is 876. The lowest BCUT2D eigenvalue weighted by Gasteiger charge is -2.46. The van der Waals surface area contributed by atoms with Gasteiger partial charge in [0.25, 0.3) is 0 Å². The molecule has 2 aromatic rings. The van der Waals surface area contributed by atoms with Gasteiger partial charge in [-0.15, -0.1) is 0 Å². The average Bonchev–Trinajstić information content (AvgIpc) is 2.57. The summed E-state index contributed by atoms with van der Waals surface area (Å²) in [7, 11) is 1.44. The zero-order valence-electron chi connectivity index (χ0n) is 15.1. The molecule has 2 unspecified atom stereocenters. The lowest BCUT2D eigenvalue weighted by molar-refractivity contribution is -0.306. The number of ether oxygens (including phenoxy) is 3. The molecule has 8 nitrogen and oxygen atoms in total. The Morgan fingerprint density at radius 1 is 1.23 bits per heavy atom. The zero-order valence-corrected chi connectivity index (χ0v) is 15.1. The molecule has 2 heterocycles. The van der Waals surface area contributed by atoms with Gasteiger partial charge in [-0.25, -0.2) is 4.79 Å². The Morgan fingerprint density at radius 3 is 2.58 bits per heavy atom. The van der Waals surface area contributed by atoms with E-state index in [-0.39, 0.29) is 5.69 Å². The van der Waals surface area contributed by atoms with Gasteiger partial charge in [0.15, 0.2) is 0 Å². The maximum Gasteiger partial charge on any atom is 0.359 e. The highest BCUT2D eigenvalue weighted by atomic mass is 16.7. The molecular weight excluding hydrogens is 342 g/mol. The lowest BCUT2D eigenvalue weighted by Crippen LogP contribution is -2.63. The third-order valence-corrected chi connectivity index (χ3v) is 4.67. The van der Waals surface area contributed by atoms with Crippen LogP contribution in [0.4, 0.5) is 5.69 Å². The molecule has 1 aromatic heterocycles. The predicted octanol–water partition coefficient (Wildman–Crippen LogP) is 0.934. The molecule has 0 saturated carbocycles. The Balaban J connectivity index is 1.95. The summed E-state index contributed by atoms with van der Waals surface area (Å²) in [5.41, 5.74) is 4.97. The monoisotopic (exact) mass is 365 g/mol. The number of nitrogens with two attached hydrogens (primary N) is 1. The Hall–Kier alpha value is -2.13. The van der Waals surface area contributed by atoms with Gasteiger partial charge in [0, 0.05) is 18.1 Å². The van der Waals surface area contributed by atoms with E-state index in [9.17, 15) is 15.0 Å². The fourth-order valence-electron chi connectivity index (χ4n) is 3.28. The smallest absolute Gasteiger partial charge is 0.359 e. The highest BCUT2D eigenvalue weighted by Gasteiger charge is 2.50. The number of anilines is 1. The first kappa shape index (κ1) is 18.7. The Kier molecular flexibility index (Phi) is 4.70. The zero-order chi connectivity index (χ0) is 19.2. The topological polar surface area (TPSA) is 124 Å². The number of methoxy groups -OCH3 is 1. The van der Waals surface area contributed by atoms with E-state index < -0.39 is 35.8 Å². The molecule has 1 aromatic carbocycles. The number of hydrogen-bond acceptors (Lipinski definition) is 8. The maximum atomic E-state index is 11.7. The molecule has 26 heavy (non-hydrogen) atoms. The fraction of sp³-hybridized carbons (Fsp3) is 0.500. The fourth-order valence-corrected chi connectivity index (χ4v) is 3.28. The minimum atomic E-state index is -1.32. The van der Waals surface area contributed by atoms with E-state index in [0.717, 1.165) is 0 Å². The van der Waals surface area contributed by atoms with Crippen molar-refractivity contribution in [2.24, 2.45) is 0 Å². The lowest BCUT2D eigenvalue weighted by atomic mass is 9.89. The first-order valence-corrected chi connectivity index (χ1v) is 8.22. The molecule has 0 radical (unpaired) electrons. The summed E-state index contributed by atoms with van der Waals surface area (Å²) in [4.78, 5) is 11.7. The third-order valence-electron chi connectivity index (χ3n) is 4.67. The molecule has 0 amide bonds. The number of benzene rings is 1. The average molecular weight is 365 g/mol. The van der Waals surface area contributed by atoms with E-state index in [1.807, 2.05) is 0 Å². The minimum Gasteiger partial charge on any atom is -0.462 e. The minimum absolute atomic E-state index is 0.0204. The van der Waals surface area contributed by atoms with Crippen LogP contribution in [0.5, 0.6) is 5.75 Å². The number of aryl methyl sites for hydroxylation is 1. The van der Waals surface area contributed by atoms with E-state index in [1.54, 1.807) is 32.9 Å². The molecular formula is C18H23NO7. The summed E-state index contributed by atoms with van der Waals surface area (Å²) in [6, 6.07) is 4.88. The van der Waals surface area contributed by atoms with Crippen molar-refractivity contribution in [2.45, 2.75) is 51.0 Å². The van der Waals surface area contributed by atoms with Gasteiger partial charge in [0.05, 0.1) is 5.60 Å². The van der Waals surface area contributed by atoms with Gasteiger partial charge in [-0.2, -0.15) is 0 Å². The van der Waals surface area contributed by atoms with Gasteiger partial charge in [0.2, 0.25) is 6.29 Å². The summed E-state index contributed by atoms with van der Waals surface area (Å²) in [5, 5.41) is 21.3. The van der Waals surface area contributed by atoms with Crippen molar-refractivity contribution < 1.29 is 28.8 Å². The van der Waals surface area contributed by atoms with E-state index >= 15 is 0 Å². The number of nitrogen functional groups attached to an aromatic ring is 1. The normalized spacial score (nSPS) is 28.2. The summed E-state index contributed by atoms with van der Waals surface area (Å²) < 4.78 is 22.1. The Labute approximate surface area is 150 Å². The van der Waals surface area contributed by atoms with Crippen LogP contribution in [0.2, 0.25) is 0 Å². The van der Waals surface area contributed by atoms with Crippen molar-refractivity contribution in [3.8, 4) is 5.75 Å². The quantitative estimate of drug-likeness (QED) is 0.686. The van der Waals surface area contributed by atoms with Crippen LogP contribution in [0.3, 0.4) is 0 Å². The van der Waals surface area contributed by atoms with Gasteiger partial charge in [-0.1, -0.05) is 0 Å². The molecule has 0 spiro atoms. The molecule has 1 saturated heterocycles. The Morgan fingerprint density at radius 2 is 1.92 bits per heavy atom. The number of hydrogen-bond donors (Lipinski definition) is 3. The van der Waals surface area contributed by atoms with Crippen molar-refractivity contribution in [1.29, 1.82) is 0 Å². The summed E-state index contributed by atoms with van der Waals surface area (Å²) >= 11 is 0. The second-order valence-electron chi connectivity index (χ2n) is 6.94. The van der Waals surface area contributed by atoms with Crippen molar-refractivity contribution >= 4 is 16.7 Å². The highest BCUT2D eigenvalue weighted by Crippen LogP contribution is 2.34. The van der Waals surface area contributed by atoms with Crippen LogP contribution in [-0.4, -0.2) is 47.5 Å². The standard InChI is InChI=1S/C18H23NO7/c1-8-11(6-5-9-7-10(19)16(22)25-14(8)9)24-17-13(21)12(20)15(23-4)18(2,3)26-17/h5-7,12-13,15,17,20-21H,19H2,1-4H3/t12?,13-,15?,17+/m0/s1. The first-order chi connectivity index (χ1) is 12.2. The van der Waals surface area contributed by atoms with Gasteiger partial charge < -0.3 is 34.6 Å². The van der Waals surface area contributed by atoms with E-state index in [4.69, 9.17) is 24.4 Å². The van der Waals surface area contributed by atoms with Gasteiger partial charge in [0.1, 0.15) is 35.3 Å². The molecule has 0 bridgehead atoms. The summed E-state index contributed by atoms with van der Waals surface area (Å²) in [6.07, 6.45) is -4.34. The number of rotatable bonds is 3. The van der Waals surface area contributed by atoms with E-state index in [1.165, 1.54) is 13.2 Å². The molecule has 1 aliphatic heterocycles. The molecule has 4 N–H and O–H groups in total. The second kappa shape index (κ2) is 6.55. The largest absolute Gasteiger partial charge is 0.462 e. The molecule has 142 valence electrons. The molecule has 4 atom stereocenters. The molecule has 0 aliphatic carbocycles. The van der Waals surface area contributed by atoms with E-state index in [0.29, 0.717) is 22.3 Å². The van der Waals surface area contributed by atoms with Crippen LogP contribution in [0.1, 0.15) is 19.4 Å². The van der Waals surface area contributed by atoms with Gasteiger partial charge >= 0.3 is 5.63 Å². The number of fused-ring (bicyclic) bond motifs is 1. The van der Waals surface area contributed by atoms with Crippen LogP contribution in [0.25, 0.3) is 11.0 Å². The van der Waals surface area contributed by atoms with Crippen molar-refractivity contribution in [3.63, 3.8) is 0 Å². The van der Waals surface area contributed by atoms with E-state index in [2.05, 4.69) is 0 Å². The number of aliphatic hydroxyl groups is 2. The highest BCUT2D eigenvalue weighted by molar-refractivity contribution is 5.83. The van der Waals surface area contributed by atoms with Crippen LogP contribution in [0, 0.1) is 6.92 Å². The van der Waals surface area contributed by atoms with Gasteiger partial charge in [-0.05, 0) is 39.0 Å². The van der Waals surface area contributed by atoms with Gasteiger partial charge in [-0.3, -0.25) is 0 Å². The first-order valence-electron chi connectivity index (χ1n) is 8.22. The molecule has 8 heteroatoms. The molecule has 1 aliphatic rings. The van der Waals surface area contributed by atoms with Crippen LogP contribution in [-0.2, 0) is 9.47 Å². The molecule has 3 rings (SSSR count). The third kappa shape index (κ3) is 3.05. The predicted molar refractivity (Wildman–Crippen MR) is 94.0 cm³/mol. The molecule has 1 fully saturated rings. The van der Waals surface area contributed by atoms with Crippen LogP contribution in [0.15, 0.2) is 27.4 Å². The second-order valence-corrected chi connectivity index (χ2v) is 6.94. The van der Waals surface area contributed by atoms with Crippen molar-refractivity contribution in [3.05, 3.63) is 34.2 Å². The van der Waals surface area contributed by atoms with Crippen molar-refractivity contribution in [2.75, 3.05) is 12.8 Å². The number of aliphatic hydroxyl groups excluding tert-OH is 2. The van der Waals surface area contributed by atoms with Crippen LogP contribution < -0.4 is 16.1 Å². The SMILES string of the molecule is COC1C(O)[C@H](O)[C@H](Oc2ccc3cc(N)c(=O)oc3c2C)OC1(C)C. The summed E-state index contributed by atoms with van der Waals surface area (Å²) in [5.74, 6) is 0.355. The van der Waals surface area contributed by atoms with Crippen molar-refractivity contribution in [1.82, 2.24) is 0 Å². The summed E-state index contributed by atoms with van der Waals surface area (Å²) in [6.45, 7) is 5.19.